The molecule has 0 radical (unpaired) electrons. The molecule has 0 spiro atoms. The minimum Gasteiger partial charge on any atom is -0.468 e. The van der Waals surface area contributed by atoms with Crippen molar-refractivity contribution in [3.63, 3.8) is 0 Å². The van der Waals surface area contributed by atoms with Crippen LogP contribution in [0.1, 0.15) is 15.9 Å². The van der Waals surface area contributed by atoms with E-state index in [9.17, 15) is 27.2 Å². The molecule has 0 aromatic heterocycles. The van der Waals surface area contributed by atoms with E-state index >= 15 is 0 Å². The topological polar surface area (TPSA) is 55.4 Å². The van der Waals surface area contributed by atoms with Gasteiger partial charge in [0.2, 0.25) is 0 Å². The number of hydrogen-bond acceptors (Lipinski definition) is 3. The Morgan fingerprint density at radius 3 is 2.47 bits per heavy atom. The number of ether oxygens (including phenoxy) is 1. The summed E-state index contributed by atoms with van der Waals surface area (Å²) in [7, 11) is 1.07. The molecule has 1 amide bonds. The normalized spacial score (nSPS) is 11.0. The minimum absolute atomic E-state index is 0.377. The fourth-order valence-corrected chi connectivity index (χ4v) is 1.20. The van der Waals surface area contributed by atoms with Gasteiger partial charge in [-0.1, -0.05) is 0 Å². The van der Waals surface area contributed by atoms with E-state index in [2.05, 4.69) is 4.74 Å². The molecule has 8 heteroatoms. The predicted molar refractivity (Wildman–Crippen MR) is 55.8 cm³/mol. The van der Waals surface area contributed by atoms with Crippen molar-refractivity contribution in [2.24, 2.45) is 0 Å². The van der Waals surface area contributed by atoms with Crippen molar-refractivity contribution in [3.8, 4) is 0 Å². The van der Waals surface area contributed by atoms with E-state index in [0.717, 1.165) is 7.11 Å². The zero-order valence-corrected chi connectivity index (χ0v) is 9.68. The van der Waals surface area contributed by atoms with Crippen LogP contribution in [0, 0.1) is 5.82 Å². The number of alkyl halides is 3. The number of esters is 1. The Hall–Kier alpha value is -2.12. The molecule has 0 heterocycles. The summed E-state index contributed by atoms with van der Waals surface area (Å²) < 4.78 is 54.7. The number of methoxy groups -OCH3 is 1. The third-order valence-electron chi connectivity index (χ3n) is 2.16. The van der Waals surface area contributed by atoms with Crippen LogP contribution in [-0.4, -0.2) is 25.5 Å². The Bertz CT molecular complexity index is 499. The van der Waals surface area contributed by atoms with E-state index in [4.69, 9.17) is 0 Å². The van der Waals surface area contributed by atoms with Crippen molar-refractivity contribution in [1.82, 2.24) is 5.32 Å². The largest absolute Gasteiger partial charge is 0.468 e. The lowest BCUT2D eigenvalue weighted by atomic mass is 10.1. The summed E-state index contributed by atoms with van der Waals surface area (Å²) >= 11 is 0. The molecule has 0 unspecified atom stereocenters. The monoisotopic (exact) mass is 279 g/mol. The van der Waals surface area contributed by atoms with Gasteiger partial charge in [-0.3, -0.25) is 9.59 Å². The Labute approximate surface area is 105 Å². The Balaban J connectivity index is 2.93. The van der Waals surface area contributed by atoms with Gasteiger partial charge in [0.15, 0.2) is 0 Å². The molecule has 1 N–H and O–H groups in total. The molecular formula is C11H9F4NO3. The maximum atomic E-state index is 13.3. The van der Waals surface area contributed by atoms with Crippen LogP contribution in [0.3, 0.4) is 0 Å². The lowest BCUT2D eigenvalue weighted by Crippen LogP contribution is -2.31. The van der Waals surface area contributed by atoms with E-state index in [-0.39, 0.29) is 0 Å². The highest BCUT2D eigenvalue weighted by Crippen LogP contribution is 2.30. The first-order valence-corrected chi connectivity index (χ1v) is 4.97. The van der Waals surface area contributed by atoms with Crippen LogP contribution in [0.5, 0.6) is 0 Å². The fraction of sp³-hybridized carbons (Fsp3) is 0.273. The lowest BCUT2D eigenvalue weighted by molar-refractivity contribution is -0.139. The van der Waals surface area contributed by atoms with E-state index in [1.54, 1.807) is 0 Å². The third-order valence-corrected chi connectivity index (χ3v) is 2.16. The lowest BCUT2D eigenvalue weighted by Gasteiger charge is -2.09. The van der Waals surface area contributed by atoms with Crippen molar-refractivity contribution >= 4 is 11.9 Å². The van der Waals surface area contributed by atoms with Crippen molar-refractivity contribution in [2.45, 2.75) is 6.18 Å². The number of carbonyl (C=O) groups excluding carboxylic acids is 2. The SMILES string of the molecule is COC(=O)CNC(=O)c1cc(C(F)(F)F)ccc1F. The molecule has 1 aromatic carbocycles. The first-order valence-electron chi connectivity index (χ1n) is 4.97. The molecule has 0 saturated carbocycles. The van der Waals surface area contributed by atoms with Crippen molar-refractivity contribution in [1.29, 1.82) is 0 Å². The maximum Gasteiger partial charge on any atom is 0.416 e. The number of rotatable bonds is 3. The van der Waals surface area contributed by atoms with Gasteiger partial charge < -0.3 is 10.1 Å². The molecule has 0 bridgehead atoms. The second-order valence-electron chi connectivity index (χ2n) is 3.45. The van der Waals surface area contributed by atoms with E-state index in [1.165, 1.54) is 0 Å². The number of amides is 1. The minimum atomic E-state index is -4.69. The second kappa shape index (κ2) is 5.68. The van der Waals surface area contributed by atoms with Crippen molar-refractivity contribution in [3.05, 3.63) is 35.1 Å². The van der Waals surface area contributed by atoms with Crippen LogP contribution in [0.4, 0.5) is 17.6 Å². The summed E-state index contributed by atoms with van der Waals surface area (Å²) in [5, 5.41) is 1.95. The highest BCUT2D eigenvalue weighted by Gasteiger charge is 2.31. The van der Waals surface area contributed by atoms with Gasteiger partial charge in [-0.15, -0.1) is 0 Å². The van der Waals surface area contributed by atoms with Crippen LogP contribution in [-0.2, 0) is 15.7 Å². The zero-order valence-electron chi connectivity index (χ0n) is 9.68. The molecule has 104 valence electrons. The standard InChI is InChI=1S/C11H9F4NO3/c1-19-9(17)5-16-10(18)7-4-6(11(13,14)15)2-3-8(7)12/h2-4H,5H2,1H3,(H,16,18). The summed E-state index contributed by atoms with van der Waals surface area (Å²) in [6, 6.07) is 1.43. The maximum absolute atomic E-state index is 13.3. The van der Waals surface area contributed by atoms with Crippen LogP contribution in [0.25, 0.3) is 0 Å². The molecule has 0 saturated heterocycles. The summed E-state index contributed by atoms with van der Waals surface area (Å²) in [5.74, 6) is -3.05. The van der Waals surface area contributed by atoms with Gasteiger partial charge in [0.1, 0.15) is 12.4 Å². The quantitative estimate of drug-likeness (QED) is 0.677. The van der Waals surface area contributed by atoms with Crippen molar-refractivity contribution in [2.75, 3.05) is 13.7 Å². The van der Waals surface area contributed by atoms with Gasteiger partial charge >= 0.3 is 12.1 Å². The molecular weight excluding hydrogens is 270 g/mol. The highest BCUT2D eigenvalue weighted by molar-refractivity contribution is 5.96. The van der Waals surface area contributed by atoms with Crippen molar-refractivity contribution < 1.29 is 31.9 Å². The van der Waals surface area contributed by atoms with Gasteiger partial charge in [-0.25, -0.2) is 4.39 Å². The Kier molecular flexibility index (Phi) is 4.47. The highest BCUT2D eigenvalue weighted by atomic mass is 19.4. The molecule has 1 rings (SSSR count). The van der Waals surface area contributed by atoms with Crippen LogP contribution >= 0.6 is 0 Å². The number of benzene rings is 1. The molecule has 19 heavy (non-hydrogen) atoms. The molecule has 0 atom stereocenters. The van der Waals surface area contributed by atoms with Gasteiger partial charge in [0.05, 0.1) is 18.2 Å². The zero-order chi connectivity index (χ0) is 14.6. The van der Waals surface area contributed by atoms with Crippen LogP contribution in [0.2, 0.25) is 0 Å². The Morgan fingerprint density at radius 2 is 1.95 bits per heavy atom. The summed E-state index contributed by atoms with van der Waals surface area (Å²) in [6.07, 6.45) is -4.69. The van der Waals surface area contributed by atoms with E-state index in [0.29, 0.717) is 18.2 Å². The molecule has 0 aliphatic rings. The van der Waals surface area contributed by atoms with Gasteiger partial charge in [0.25, 0.3) is 5.91 Å². The number of nitrogens with one attached hydrogen (secondary N) is 1. The van der Waals surface area contributed by atoms with Crippen LogP contribution < -0.4 is 5.32 Å². The molecule has 0 aliphatic carbocycles. The molecule has 1 aromatic rings. The summed E-state index contributed by atoms with van der Waals surface area (Å²) in [6.45, 7) is -0.564. The van der Waals surface area contributed by atoms with Gasteiger partial charge in [-0.2, -0.15) is 13.2 Å². The number of halogens is 4. The first-order chi connectivity index (χ1) is 8.75. The number of carbonyl (C=O) groups is 2. The van der Waals surface area contributed by atoms with Gasteiger partial charge in [0, 0.05) is 0 Å². The first kappa shape index (κ1) is 14.9. The molecule has 4 nitrogen and oxygen atoms in total. The average molecular weight is 279 g/mol. The summed E-state index contributed by atoms with van der Waals surface area (Å²) in [4.78, 5) is 22.2. The van der Waals surface area contributed by atoms with E-state index in [1.807, 2.05) is 5.32 Å². The smallest absolute Gasteiger partial charge is 0.416 e. The predicted octanol–water partition coefficient (Wildman–Crippen LogP) is 1.75. The molecule has 0 fully saturated rings. The van der Waals surface area contributed by atoms with Crippen LogP contribution in [0.15, 0.2) is 18.2 Å². The summed E-state index contributed by atoms with van der Waals surface area (Å²) in [5.41, 5.74) is -1.95. The molecule has 0 aliphatic heterocycles. The van der Waals surface area contributed by atoms with Gasteiger partial charge in [-0.05, 0) is 18.2 Å². The fourth-order valence-electron chi connectivity index (χ4n) is 1.20. The Morgan fingerprint density at radius 1 is 1.32 bits per heavy atom. The van der Waals surface area contributed by atoms with E-state index < -0.39 is 41.5 Å². The average Bonchev–Trinajstić information content (AvgIpc) is 2.34. The second-order valence-corrected chi connectivity index (χ2v) is 3.45. The third kappa shape index (κ3) is 3.94. The number of hydrogen-bond donors (Lipinski definition) is 1.